The number of hydrogen-bond acceptors (Lipinski definition) is 3. The van der Waals surface area contributed by atoms with Crippen molar-refractivity contribution in [1.29, 1.82) is 0 Å². The van der Waals surface area contributed by atoms with E-state index in [2.05, 4.69) is 22.5 Å². The number of carbonyl (C=O) groups excluding carboxylic acids is 1. The molecule has 0 saturated heterocycles. The van der Waals surface area contributed by atoms with E-state index in [0.717, 1.165) is 0 Å². The Bertz CT molecular complexity index is 267. The molecule has 0 aliphatic rings. The fourth-order valence-corrected chi connectivity index (χ4v) is 0.672. The maximum absolute atomic E-state index is 11.0. The summed E-state index contributed by atoms with van der Waals surface area (Å²) in [4.78, 5) is 21.0. The molecule has 6 nitrogen and oxygen atoms in total. The van der Waals surface area contributed by atoms with E-state index in [-0.39, 0.29) is 32.3 Å². The molecule has 0 heterocycles. The minimum absolute atomic E-state index is 0.166. The van der Waals surface area contributed by atoms with E-state index in [1.807, 2.05) is 0 Å². The number of ether oxygens (including phenoxy) is 1. The summed E-state index contributed by atoms with van der Waals surface area (Å²) < 4.78 is 4.70. The largest absolute Gasteiger partial charge is 0.480 e. The van der Waals surface area contributed by atoms with Crippen molar-refractivity contribution in [2.45, 2.75) is 6.92 Å². The molecule has 0 unspecified atom stereocenters. The van der Waals surface area contributed by atoms with Crippen LogP contribution in [-0.4, -0.2) is 43.4 Å². The Morgan fingerprint density at radius 2 is 2.13 bits per heavy atom. The Hall–Kier alpha value is -1.74. The van der Waals surface area contributed by atoms with Crippen molar-refractivity contribution in [2.24, 2.45) is 0 Å². The lowest BCUT2D eigenvalue weighted by molar-refractivity contribution is -0.142. The van der Waals surface area contributed by atoms with Crippen LogP contribution < -0.4 is 10.6 Å². The third-order valence-corrected chi connectivity index (χ3v) is 1.27. The number of nitrogens with one attached hydrogen (secondary N) is 2. The molecule has 0 spiro atoms. The van der Waals surface area contributed by atoms with E-state index in [4.69, 9.17) is 9.84 Å². The maximum atomic E-state index is 11.0. The van der Waals surface area contributed by atoms with Crippen LogP contribution in [0.25, 0.3) is 0 Å². The Kier molecular flexibility index (Phi) is 7.82. The average Bonchev–Trinajstić information content (AvgIpc) is 2.17. The fourth-order valence-electron chi connectivity index (χ4n) is 0.672. The van der Waals surface area contributed by atoms with Crippen LogP contribution >= 0.6 is 0 Å². The predicted molar refractivity (Wildman–Crippen MR) is 53.3 cm³/mol. The number of rotatable bonds is 6. The monoisotopic (exact) mass is 214 g/mol. The lowest BCUT2D eigenvalue weighted by Gasteiger charge is -2.04. The first-order valence-electron chi connectivity index (χ1n) is 4.37. The summed E-state index contributed by atoms with van der Waals surface area (Å²) in [6, 6.07) is -0.350. The van der Waals surface area contributed by atoms with Crippen LogP contribution in [0, 0.1) is 11.8 Å². The summed E-state index contributed by atoms with van der Waals surface area (Å²) in [6.45, 7) is 2.04. The van der Waals surface area contributed by atoms with Crippen LogP contribution in [0.2, 0.25) is 0 Å². The van der Waals surface area contributed by atoms with Gasteiger partial charge in [0, 0.05) is 6.54 Å². The molecule has 0 rings (SSSR count). The molecule has 0 radical (unpaired) electrons. The maximum Gasteiger partial charge on any atom is 0.329 e. The number of carbonyl (C=O) groups is 2. The summed E-state index contributed by atoms with van der Waals surface area (Å²) in [5.41, 5.74) is 0. The second-order valence-electron chi connectivity index (χ2n) is 2.48. The standard InChI is InChI=1S/C9H14N2O4/c1-2-3-4-10-9(14)11-5-6-15-7-8(12)13/h4-7H2,1H3,(H,12,13)(H2,10,11,14). The highest BCUT2D eigenvalue weighted by atomic mass is 16.5. The molecule has 0 bridgehead atoms. The van der Waals surface area contributed by atoms with Crippen LogP contribution in [-0.2, 0) is 9.53 Å². The van der Waals surface area contributed by atoms with Gasteiger partial charge in [-0.1, -0.05) is 5.92 Å². The smallest absolute Gasteiger partial charge is 0.329 e. The molecular weight excluding hydrogens is 200 g/mol. The van der Waals surface area contributed by atoms with Gasteiger partial charge in [0.25, 0.3) is 0 Å². The van der Waals surface area contributed by atoms with Gasteiger partial charge in [-0.15, -0.1) is 5.92 Å². The molecule has 0 aromatic rings. The summed E-state index contributed by atoms with van der Waals surface area (Å²) in [5, 5.41) is 13.2. The van der Waals surface area contributed by atoms with Gasteiger partial charge in [0.15, 0.2) is 0 Å². The summed E-state index contributed by atoms with van der Waals surface area (Å²) >= 11 is 0. The Balaban J connectivity index is 3.30. The van der Waals surface area contributed by atoms with Crippen molar-refractivity contribution >= 4 is 12.0 Å². The first-order chi connectivity index (χ1) is 7.16. The van der Waals surface area contributed by atoms with Gasteiger partial charge in [0.2, 0.25) is 0 Å². The zero-order chi connectivity index (χ0) is 11.5. The van der Waals surface area contributed by atoms with Crippen LogP contribution in [0.3, 0.4) is 0 Å². The number of urea groups is 1. The zero-order valence-electron chi connectivity index (χ0n) is 8.50. The molecular formula is C9H14N2O4. The van der Waals surface area contributed by atoms with Crippen molar-refractivity contribution in [2.75, 3.05) is 26.3 Å². The highest BCUT2D eigenvalue weighted by molar-refractivity contribution is 5.74. The predicted octanol–water partition coefficient (Wildman–Crippen LogP) is -0.590. The molecule has 0 atom stereocenters. The SMILES string of the molecule is CC#CCNC(=O)NCCOCC(=O)O. The summed E-state index contributed by atoms with van der Waals surface area (Å²) in [5.74, 6) is 4.26. The van der Waals surface area contributed by atoms with Crippen molar-refractivity contribution in [3.8, 4) is 11.8 Å². The highest BCUT2D eigenvalue weighted by Crippen LogP contribution is 1.73. The van der Waals surface area contributed by atoms with Gasteiger partial charge in [-0.05, 0) is 6.92 Å². The van der Waals surface area contributed by atoms with Gasteiger partial charge in [-0.25, -0.2) is 9.59 Å². The summed E-state index contributed by atoms with van der Waals surface area (Å²) in [6.07, 6.45) is 0. The zero-order valence-corrected chi connectivity index (χ0v) is 8.50. The third-order valence-electron chi connectivity index (χ3n) is 1.27. The number of amides is 2. The first kappa shape index (κ1) is 13.3. The fraction of sp³-hybridized carbons (Fsp3) is 0.556. The molecule has 0 aromatic carbocycles. The lowest BCUT2D eigenvalue weighted by atomic mass is 10.6. The van der Waals surface area contributed by atoms with E-state index in [0.29, 0.717) is 0 Å². The highest BCUT2D eigenvalue weighted by Gasteiger charge is 1.98. The molecule has 6 heteroatoms. The van der Waals surface area contributed by atoms with Gasteiger partial charge in [-0.2, -0.15) is 0 Å². The Morgan fingerprint density at radius 3 is 2.73 bits per heavy atom. The lowest BCUT2D eigenvalue weighted by Crippen LogP contribution is -2.37. The Labute approximate surface area is 88.0 Å². The van der Waals surface area contributed by atoms with Crippen molar-refractivity contribution in [3.05, 3.63) is 0 Å². The average molecular weight is 214 g/mol. The quantitative estimate of drug-likeness (QED) is 0.407. The number of carboxylic acids is 1. The van der Waals surface area contributed by atoms with Crippen LogP contribution in [0.4, 0.5) is 4.79 Å². The minimum Gasteiger partial charge on any atom is -0.480 e. The molecule has 0 saturated carbocycles. The number of carboxylic acid groups (broad SMARTS) is 1. The normalized spacial score (nSPS) is 8.60. The number of hydrogen-bond donors (Lipinski definition) is 3. The first-order valence-corrected chi connectivity index (χ1v) is 4.37. The van der Waals surface area contributed by atoms with E-state index in [1.165, 1.54) is 0 Å². The molecule has 0 aliphatic heterocycles. The van der Waals surface area contributed by atoms with Crippen molar-refractivity contribution < 1.29 is 19.4 Å². The molecule has 0 aromatic heterocycles. The molecule has 3 N–H and O–H groups in total. The molecule has 2 amide bonds. The van der Waals surface area contributed by atoms with Gasteiger partial charge < -0.3 is 20.5 Å². The molecule has 0 aliphatic carbocycles. The summed E-state index contributed by atoms with van der Waals surface area (Å²) in [7, 11) is 0. The van der Waals surface area contributed by atoms with Gasteiger partial charge in [-0.3, -0.25) is 0 Å². The van der Waals surface area contributed by atoms with E-state index < -0.39 is 5.97 Å². The van der Waals surface area contributed by atoms with Crippen LogP contribution in [0.1, 0.15) is 6.92 Å². The van der Waals surface area contributed by atoms with E-state index >= 15 is 0 Å². The van der Waals surface area contributed by atoms with Gasteiger partial charge in [0.05, 0.1) is 13.2 Å². The van der Waals surface area contributed by atoms with Gasteiger partial charge in [0.1, 0.15) is 6.61 Å². The van der Waals surface area contributed by atoms with Crippen molar-refractivity contribution in [3.63, 3.8) is 0 Å². The molecule has 0 fully saturated rings. The van der Waals surface area contributed by atoms with Crippen LogP contribution in [0.15, 0.2) is 0 Å². The molecule has 15 heavy (non-hydrogen) atoms. The number of aliphatic carboxylic acids is 1. The Morgan fingerprint density at radius 1 is 1.40 bits per heavy atom. The topological polar surface area (TPSA) is 87.7 Å². The van der Waals surface area contributed by atoms with E-state index in [1.54, 1.807) is 6.92 Å². The van der Waals surface area contributed by atoms with Gasteiger partial charge >= 0.3 is 12.0 Å². The second kappa shape index (κ2) is 8.84. The third kappa shape index (κ3) is 10.2. The molecule has 84 valence electrons. The second-order valence-corrected chi connectivity index (χ2v) is 2.48. The van der Waals surface area contributed by atoms with E-state index in [9.17, 15) is 9.59 Å². The minimum atomic E-state index is -1.03. The van der Waals surface area contributed by atoms with Crippen molar-refractivity contribution in [1.82, 2.24) is 10.6 Å². The van der Waals surface area contributed by atoms with Crippen LogP contribution in [0.5, 0.6) is 0 Å².